The van der Waals surface area contributed by atoms with Gasteiger partial charge in [-0.2, -0.15) is 0 Å². The Morgan fingerprint density at radius 2 is 2.10 bits per heavy atom. The number of hydrogen-bond donors (Lipinski definition) is 1. The van der Waals surface area contributed by atoms with Crippen LogP contribution < -0.4 is 4.90 Å². The van der Waals surface area contributed by atoms with Crippen molar-refractivity contribution in [2.75, 3.05) is 4.90 Å². The Morgan fingerprint density at radius 1 is 1.33 bits per heavy atom. The third-order valence-electron chi connectivity index (χ3n) is 3.78. The van der Waals surface area contributed by atoms with E-state index in [0.29, 0.717) is 29.9 Å². The fraction of sp³-hybridized carbons (Fsp3) is 0.250. The number of hydrogen-bond acceptors (Lipinski definition) is 3. The fourth-order valence-corrected chi connectivity index (χ4v) is 2.77. The average Bonchev–Trinajstić information content (AvgIpc) is 3.10. The van der Waals surface area contributed by atoms with Gasteiger partial charge >= 0.3 is 5.97 Å². The summed E-state index contributed by atoms with van der Waals surface area (Å²) in [5, 5.41) is 9.41. The van der Waals surface area contributed by atoms with Gasteiger partial charge in [0, 0.05) is 18.5 Å². The molecule has 21 heavy (non-hydrogen) atoms. The number of fused-ring (bicyclic) bond motifs is 1. The molecular formula is C16H15NO4. The van der Waals surface area contributed by atoms with Crippen molar-refractivity contribution >= 4 is 17.6 Å². The summed E-state index contributed by atoms with van der Waals surface area (Å²) in [4.78, 5) is 25.6. The smallest absolute Gasteiger partial charge is 0.327 e. The Hall–Kier alpha value is -2.56. The summed E-state index contributed by atoms with van der Waals surface area (Å²) in [5.74, 6) is -0.743. The Kier molecular flexibility index (Phi) is 3.25. The summed E-state index contributed by atoms with van der Waals surface area (Å²) < 4.78 is 5.28. The number of carboxylic acids is 1. The van der Waals surface area contributed by atoms with Gasteiger partial charge in [-0.15, -0.1) is 0 Å². The molecule has 0 fully saturated rings. The highest BCUT2D eigenvalue weighted by atomic mass is 16.4. The van der Waals surface area contributed by atoms with E-state index in [0.717, 1.165) is 5.56 Å². The predicted molar refractivity (Wildman–Crippen MR) is 76.5 cm³/mol. The standard InChI is InChI=1S/C16H15NO4/c1-2-14-11(7-8-21-14)15(18)17-12-6-4-3-5-10(12)9-13(17)16(19)20/h3-8,13H,2,9H2,1H3,(H,19,20)/t13-/m0/s1. The second-order valence-corrected chi connectivity index (χ2v) is 4.97. The predicted octanol–water partition coefficient (Wildman–Crippen LogP) is 2.50. The van der Waals surface area contributed by atoms with Crippen molar-refractivity contribution in [3.8, 4) is 0 Å². The van der Waals surface area contributed by atoms with Crippen LogP contribution >= 0.6 is 0 Å². The van der Waals surface area contributed by atoms with Crippen LogP contribution in [-0.2, 0) is 17.6 Å². The monoisotopic (exact) mass is 285 g/mol. The summed E-state index contributed by atoms with van der Waals surface area (Å²) in [5.41, 5.74) is 1.97. The lowest BCUT2D eigenvalue weighted by Crippen LogP contribution is -2.43. The first-order chi connectivity index (χ1) is 10.1. The molecule has 0 bridgehead atoms. The summed E-state index contributed by atoms with van der Waals surface area (Å²) in [6.45, 7) is 1.89. The molecule has 0 unspecified atom stereocenters. The van der Waals surface area contributed by atoms with Crippen molar-refractivity contribution in [3.63, 3.8) is 0 Å². The molecule has 5 heteroatoms. The fourth-order valence-electron chi connectivity index (χ4n) is 2.77. The maximum atomic E-state index is 12.8. The third-order valence-corrected chi connectivity index (χ3v) is 3.78. The number of rotatable bonds is 3. The zero-order chi connectivity index (χ0) is 15.0. The highest BCUT2D eigenvalue weighted by Crippen LogP contribution is 2.34. The molecule has 3 rings (SSSR count). The summed E-state index contributed by atoms with van der Waals surface area (Å²) in [6.07, 6.45) is 2.38. The minimum absolute atomic E-state index is 0.321. The third kappa shape index (κ3) is 2.11. The molecule has 1 aromatic heterocycles. The summed E-state index contributed by atoms with van der Waals surface area (Å²) >= 11 is 0. The molecule has 0 radical (unpaired) electrons. The molecule has 1 N–H and O–H groups in total. The normalized spacial score (nSPS) is 16.8. The highest BCUT2D eigenvalue weighted by molar-refractivity contribution is 6.11. The maximum Gasteiger partial charge on any atom is 0.327 e. The van der Waals surface area contributed by atoms with Crippen LogP contribution in [0, 0.1) is 0 Å². The van der Waals surface area contributed by atoms with Crippen LogP contribution in [0.3, 0.4) is 0 Å². The van der Waals surface area contributed by atoms with Gasteiger partial charge < -0.3 is 9.52 Å². The van der Waals surface area contributed by atoms with Crippen LogP contribution in [0.25, 0.3) is 0 Å². The van der Waals surface area contributed by atoms with E-state index < -0.39 is 12.0 Å². The van der Waals surface area contributed by atoms with E-state index in [1.807, 2.05) is 19.1 Å². The van der Waals surface area contributed by atoms with E-state index in [4.69, 9.17) is 4.42 Å². The van der Waals surface area contributed by atoms with Gasteiger partial charge in [0.2, 0.25) is 0 Å². The summed E-state index contributed by atoms with van der Waals surface area (Å²) in [6, 6.07) is 8.02. The van der Waals surface area contributed by atoms with Crippen molar-refractivity contribution in [1.82, 2.24) is 0 Å². The van der Waals surface area contributed by atoms with E-state index >= 15 is 0 Å². The van der Waals surface area contributed by atoms with Crippen LogP contribution in [0.2, 0.25) is 0 Å². The van der Waals surface area contributed by atoms with Gasteiger partial charge in [0.05, 0.1) is 11.8 Å². The number of furan rings is 1. The van der Waals surface area contributed by atoms with Crippen molar-refractivity contribution in [2.45, 2.75) is 25.8 Å². The Balaban J connectivity index is 2.06. The van der Waals surface area contributed by atoms with Gasteiger partial charge in [0.25, 0.3) is 5.91 Å². The molecule has 5 nitrogen and oxygen atoms in total. The molecular weight excluding hydrogens is 270 g/mol. The number of carbonyl (C=O) groups excluding carboxylic acids is 1. The van der Waals surface area contributed by atoms with Crippen molar-refractivity contribution in [3.05, 3.63) is 53.5 Å². The molecule has 1 atom stereocenters. The van der Waals surface area contributed by atoms with Crippen molar-refractivity contribution in [2.24, 2.45) is 0 Å². The van der Waals surface area contributed by atoms with Crippen molar-refractivity contribution in [1.29, 1.82) is 0 Å². The molecule has 0 saturated heterocycles. The molecule has 0 spiro atoms. The molecule has 1 aromatic carbocycles. The van der Waals surface area contributed by atoms with Gasteiger partial charge in [-0.05, 0) is 17.7 Å². The van der Waals surface area contributed by atoms with Crippen LogP contribution in [0.5, 0.6) is 0 Å². The number of aliphatic carboxylic acids is 1. The number of nitrogens with zero attached hydrogens (tertiary/aromatic N) is 1. The van der Waals surface area contributed by atoms with E-state index in [1.165, 1.54) is 11.2 Å². The lowest BCUT2D eigenvalue weighted by molar-refractivity contribution is -0.138. The van der Waals surface area contributed by atoms with Gasteiger partial charge in [-0.3, -0.25) is 9.69 Å². The lowest BCUT2D eigenvalue weighted by Gasteiger charge is -2.22. The van der Waals surface area contributed by atoms with Gasteiger partial charge in [0.1, 0.15) is 11.8 Å². The van der Waals surface area contributed by atoms with Gasteiger partial charge in [-0.25, -0.2) is 4.79 Å². The Bertz CT molecular complexity index is 704. The number of para-hydroxylation sites is 1. The Morgan fingerprint density at radius 3 is 2.81 bits per heavy atom. The topological polar surface area (TPSA) is 70.8 Å². The van der Waals surface area contributed by atoms with Crippen LogP contribution in [0.15, 0.2) is 41.0 Å². The number of anilines is 1. The molecule has 108 valence electrons. The molecule has 1 amide bonds. The molecule has 1 aliphatic rings. The molecule has 2 aromatic rings. The number of carbonyl (C=O) groups is 2. The molecule has 2 heterocycles. The highest BCUT2D eigenvalue weighted by Gasteiger charge is 2.39. The first kappa shape index (κ1) is 13.4. The van der Waals surface area contributed by atoms with Crippen molar-refractivity contribution < 1.29 is 19.1 Å². The SMILES string of the molecule is CCc1occc1C(=O)N1c2ccccc2C[C@H]1C(=O)O. The van der Waals surface area contributed by atoms with E-state index in [-0.39, 0.29) is 5.91 Å². The maximum absolute atomic E-state index is 12.8. The molecule has 0 aliphatic carbocycles. The van der Waals surface area contributed by atoms with E-state index in [1.54, 1.807) is 18.2 Å². The largest absolute Gasteiger partial charge is 0.480 e. The Labute approximate surface area is 121 Å². The minimum atomic E-state index is -0.999. The number of carboxylic acid groups (broad SMARTS) is 1. The number of amides is 1. The zero-order valence-corrected chi connectivity index (χ0v) is 11.6. The zero-order valence-electron chi connectivity index (χ0n) is 11.6. The summed E-state index contributed by atoms with van der Waals surface area (Å²) in [7, 11) is 0. The molecule has 0 saturated carbocycles. The minimum Gasteiger partial charge on any atom is -0.480 e. The first-order valence-corrected chi connectivity index (χ1v) is 6.84. The van der Waals surface area contributed by atoms with E-state index in [9.17, 15) is 14.7 Å². The second kappa shape index (κ2) is 5.09. The van der Waals surface area contributed by atoms with Crippen LogP contribution in [0.4, 0.5) is 5.69 Å². The number of benzene rings is 1. The molecule has 1 aliphatic heterocycles. The average molecular weight is 285 g/mol. The first-order valence-electron chi connectivity index (χ1n) is 6.84. The van der Waals surface area contributed by atoms with Crippen LogP contribution in [-0.4, -0.2) is 23.0 Å². The van der Waals surface area contributed by atoms with Gasteiger partial charge in [0.15, 0.2) is 0 Å². The quantitative estimate of drug-likeness (QED) is 0.940. The van der Waals surface area contributed by atoms with Gasteiger partial charge in [-0.1, -0.05) is 25.1 Å². The number of aryl methyl sites for hydroxylation is 1. The lowest BCUT2D eigenvalue weighted by atomic mass is 10.1. The van der Waals surface area contributed by atoms with E-state index in [2.05, 4.69) is 0 Å². The van der Waals surface area contributed by atoms with Crippen LogP contribution in [0.1, 0.15) is 28.6 Å². The second-order valence-electron chi connectivity index (χ2n) is 4.97.